The first-order chi connectivity index (χ1) is 27.2. The predicted molar refractivity (Wildman–Crippen MR) is 235 cm³/mol. The molecule has 56 heavy (non-hydrogen) atoms. The molecule has 0 saturated heterocycles. The number of nitrogens with one attached hydrogen (secondary N) is 1. The molecular weight excluding hydrogens is 683 g/mol. The number of nitrogen functional groups attached to an aromatic ring is 1. The van der Waals surface area contributed by atoms with Gasteiger partial charge in [-0.2, -0.15) is 0 Å². The smallest absolute Gasteiger partial charge is 0.161 e. The lowest BCUT2D eigenvalue weighted by atomic mass is 9.82. The second-order valence-electron chi connectivity index (χ2n) is 14.4. The molecule has 0 unspecified atom stereocenters. The minimum atomic E-state index is -0.0698. The molecule has 1 heterocycles. The average Bonchev–Trinajstić information content (AvgIpc) is 3.47. The maximum Gasteiger partial charge on any atom is 0.161 e. The number of aliphatic imine (C=N–C) groups is 1. The van der Waals surface area contributed by atoms with Gasteiger partial charge >= 0.3 is 0 Å². The fourth-order valence-electron chi connectivity index (χ4n) is 7.29. The largest absolute Gasteiger partial charge is 0.384 e. The maximum atomic E-state index is 7.01. The summed E-state index contributed by atoms with van der Waals surface area (Å²) in [6, 6.07) is 60.2. The van der Waals surface area contributed by atoms with E-state index in [1.165, 1.54) is 44.5 Å². The van der Waals surface area contributed by atoms with E-state index in [9.17, 15) is 0 Å². The number of rotatable bonds is 6. The van der Waals surface area contributed by atoms with E-state index in [2.05, 4.69) is 142 Å². The molecule has 0 fully saturated rings. The van der Waals surface area contributed by atoms with Crippen molar-refractivity contribution in [3.05, 3.63) is 204 Å². The van der Waals surface area contributed by atoms with Crippen LogP contribution in [0.15, 0.2) is 181 Å². The number of fused-ring (bicyclic) bond motifs is 4. The molecule has 1 aliphatic rings. The molecule has 7 aromatic carbocycles. The number of aromatic nitrogens is 2. The first kappa shape index (κ1) is 37.3. The molecule has 9 rings (SSSR count). The quantitative estimate of drug-likeness (QED) is 0.132. The van der Waals surface area contributed by atoms with E-state index in [0.717, 1.165) is 45.7 Å². The Morgan fingerprint density at radius 2 is 1.23 bits per heavy atom. The molecule has 0 bridgehead atoms. The van der Waals surface area contributed by atoms with Gasteiger partial charge in [0, 0.05) is 27.5 Å². The lowest BCUT2D eigenvalue weighted by Crippen LogP contribution is -2.15. The lowest BCUT2D eigenvalue weighted by Gasteiger charge is -2.22. The Balaban J connectivity index is 0.000000219. The van der Waals surface area contributed by atoms with Crippen LogP contribution in [-0.2, 0) is 12.0 Å². The highest BCUT2D eigenvalue weighted by Gasteiger charge is 2.37. The minimum Gasteiger partial charge on any atom is -0.384 e. The van der Waals surface area contributed by atoms with Crippen LogP contribution in [0.4, 0.5) is 0 Å². The molecule has 1 aliphatic carbocycles. The summed E-state index contributed by atoms with van der Waals surface area (Å²) in [4.78, 5) is 14.1. The number of hydrogen-bond donors (Lipinski definition) is 2. The van der Waals surface area contributed by atoms with Crippen molar-refractivity contribution < 1.29 is 0 Å². The Morgan fingerprint density at radius 1 is 0.625 bits per heavy atom. The summed E-state index contributed by atoms with van der Waals surface area (Å²) in [7, 11) is 0. The first-order valence-electron chi connectivity index (χ1n) is 18.8. The minimum absolute atomic E-state index is 0.0698. The molecular formula is C51H45N5. The highest BCUT2D eigenvalue weighted by Crippen LogP contribution is 2.52. The molecule has 0 amide bonds. The van der Waals surface area contributed by atoms with Crippen molar-refractivity contribution in [1.82, 2.24) is 9.97 Å². The van der Waals surface area contributed by atoms with E-state index in [0.29, 0.717) is 0 Å². The molecule has 0 atom stereocenters. The fourth-order valence-corrected chi connectivity index (χ4v) is 7.29. The van der Waals surface area contributed by atoms with Crippen LogP contribution in [0.1, 0.15) is 41.7 Å². The number of hydrogen-bond acceptors (Lipinski definition) is 4. The molecule has 1 aromatic heterocycles. The Bertz CT molecular complexity index is 2610. The van der Waals surface area contributed by atoms with Crippen molar-refractivity contribution in [2.75, 3.05) is 0 Å². The second kappa shape index (κ2) is 16.6. The lowest BCUT2D eigenvalue weighted by molar-refractivity contribution is 0.660. The SMILES string of the molecule is C=NCc1ccccc1.Cc1ccc2c(c1)C(C)(C)c1cccc(-c3nc(-c4ccc(-c5ccccc5)cc4)c4ccccc4n3)c1-2.N=C(N)c1ccccc1. The fraction of sp³-hybridized carbons (Fsp3) is 0.0980. The van der Waals surface area contributed by atoms with E-state index in [4.69, 9.17) is 21.1 Å². The zero-order valence-corrected chi connectivity index (χ0v) is 32.1. The van der Waals surface area contributed by atoms with Crippen molar-refractivity contribution in [3.63, 3.8) is 0 Å². The third-order valence-electron chi connectivity index (χ3n) is 10.2. The standard InChI is InChI=1S/C36H28N2.C8H9N.C7H8N2/c1-23-16-21-27-31(22-23)36(2,3)30-14-9-13-29(33(27)30)35-37-32-15-8-7-12-28(32)34(38-35)26-19-17-25(18-20-26)24-10-5-4-6-11-24;1-9-7-8-5-3-2-4-6-8;8-7(9)6-4-2-1-3-5-6/h4-22H,1-3H3;2-6H,1,7H2;1-5H,(H3,8,9). The average molecular weight is 728 g/mol. The monoisotopic (exact) mass is 727 g/mol. The third kappa shape index (κ3) is 7.94. The Labute approximate surface area is 329 Å². The van der Waals surface area contributed by atoms with Gasteiger partial charge in [0.15, 0.2) is 5.82 Å². The summed E-state index contributed by atoms with van der Waals surface area (Å²) in [6.07, 6.45) is 0. The summed E-state index contributed by atoms with van der Waals surface area (Å²) in [5, 5.41) is 8.08. The van der Waals surface area contributed by atoms with Gasteiger partial charge in [0.05, 0.1) is 17.8 Å². The van der Waals surface area contributed by atoms with Gasteiger partial charge in [-0.1, -0.05) is 189 Å². The highest BCUT2D eigenvalue weighted by atomic mass is 14.9. The number of aryl methyl sites for hydroxylation is 1. The normalized spacial score (nSPS) is 11.9. The van der Waals surface area contributed by atoms with Gasteiger partial charge in [0.1, 0.15) is 5.84 Å². The molecule has 0 aliphatic heterocycles. The molecule has 3 N–H and O–H groups in total. The van der Waals surface area contributed by atoms with E-state index in [1.54, 1.807) is 0 Å². The van der Waals surface area contributed by atoms with Gasteiger partial charge in [-0.25, -0.2) is 9.97 Å². The van der Waals surface area contributed by atoms with Crippen LogP contribution in [0, 0.1) is 12.3 Å². The predicted octanol–water partition coefficient (Wildman–Crippen LogP) is 12.1. The van der Waals surface area contributed by atoms with Crippen LogP contribution >= 0.6 is 0 Å². The summed E-state index contributed by atoms with van der Waals surface area (Å²) < 4.78 is 0. The van der Waals surface area contributed by atoms with E-state index < -0.39 is 0 Å². The van der Waals surface area contributed by atoms with Crippen LogP contribution < -0.4 is 5.73 Å². The van der Waals surface area contributed by atoms with Crippen molar-refractivity contribution in [2.45, 2.75) is 32.7 Å². The van der Waals surface area contributed by atoms with Gasteiger partial charge in [0.25, 0.3) is 0 Å². The van der Waals surface area contributed by atoms with Gasteiger partial charge in [-0.15, -0.1) is 0 Å². The molecule has 0 spiro atoms. The summed E-state index contributed by atoms with van der Waals surface area (Å²) in [5.74, 6) is 0.891. The zero-order valence-electron chi connectivity index (χ0n) is 32.1. The van der Waals surface area contributed by atoms with Gasteiger partial charge in [-0.05, 0) is 58.7 Å². The van der Waals surface area contributed by atoms with Crippen molar-refractivity contribution >= 4 is 23.5 Å². The van der Waals surface area contributed by atoms with Crippen LogP contribution in [0.3, 0.4) is 0 Å². The molecule has 274 valence electrons. The van der Waals surface area contributed by atoms with E-state index in [-0.39, 0.29) is 11.3 Å². The molecule has 5 nitrogen and oxygen atoms in total. The summed E-state index contributed by atoms with van der Waals surface area (Å²) in [6.45, 7) is 10.9. The number of nitrogens with two attached hydrogens (primary N) is 1. The maximum absolute atomic E-state index is 7.01. The van der Waals surface area contributed by atoms with Crippen molar-refractivity contribution in [3.8, 4) is 44.9 Å². The highest BCUT2D eigenvalue weighted by molar-refractivity contribution is 5.97. The first-order valence-corrected chi connectivity index (χ1v) is 18.8. The number of amidine groups is 1. The van der Waals surface area contributed by atoms with Gasteiger partial charge < -0.3 is 5.73 Å². The number of para-hydroxylation sites is 1. The van der Waals surface area contributed by atoms with Crippen LogP contribution in [0.25, 0.3) is 55.8 Å². The zero-order chi connectivity index (χ0) is 39.1. The third-order valence-corrected chi connectivity index (χ3v) is 10.2. The Morgan fingerprint density at radius 3 is 1.89 bits per heavy atom. The van der Waals surface area contributed by atoms with Crippen LogP contribution in [-0.4, -0.2) is 22.5 Å². The summed E-state index contributed by atoms with van der Waals surface area (Å²) in [5.41, 5.74) is 20.2. The summed E-state index contributed by atoms with van der Waals surface area (Å²) >= 11 is 0. The second-order valence-corrected chi connectivity index (χ2v) is 14.4. The molecule has 0 saturated carbocycles. The van der Waals surface area contributed by atoms with Crippen molar-refractivity contribution in [1.29, 1.82) is 5.41 Å². The van der Waals surface area contributed by atoms with Gasteiger partial charge in [0.2, 0.25) is 0 Å². The molecule has 5 heteroatoms. The Hall–Kier alpha value is -6.98. The van der Waals surface area contributed by atoms with Gasteiger partial charge in [-0.3, -0.25) is 10.4 Å². The van der Waals surface area contributed by atoms with Crippen molar-refractivity contribution in [2.24, 2.45) is 10.7 Å². The van der Waals surface area contributed by atoms with E-state index >= 15 is 0 Å². The van der Waals surface area contributed by atoms with E-state index in [1.807, 2.05) is 66.7 Å². The number of benzene rings is 7. The van der Waals surface area contributed by atoms with Crippen LogP contribution in [0.2, 0.25) is 0 Å². The van der Waals surface area contributed by atoms with Crippen LogP contribution in [0.5, 0.6) is 0 Å². The number of nitrogens with zero attached hydrogens (tertiary/aromatic N) is 3. The molecule has 8 aromatic rings. The molecule has 0 radical (unpaired) electrons. The topological polar surface area (TPSA) is 88.0 Å². The Kier molecular flexibility index (Phi) is 11.1.